The average molecular weight is 373 g/mol. The summed E-state index contributed by atoms with van der Waals surface area (Å²) in [6.45, 7) is 0.483. The van der Waals surface area contributed by atoms with Gasteiger partial charge in [-0.1, -0.05) is 12.1 Å². The molecule has 0 aromatic heterocycles. The molecule has 26 heavy (non-hydrogen) atoms. The van der Waals surface area contributed by atoms with E-state index in [0.717, 1.165) is 24.1 Å². The summed E-state index contributed by atoms with van der Waals surface area (Å²) in [5.41, 5.74) is 7.55. The monoisotopic (exact) mass is 373 g/mol. The number of nitrogens with zero attached hydrogens (tertiary/aromatic N) is 2. The molecule has 0 saturated carbocycles. The van der Waals surface area contributed by atoms with Gasteiger partial charge in [0, 0.05) is 31.9 Å². The highest BCUT2D eigenvalue weighted by Crippen LogP contribution is 2.37. The first-order valence-corrected chi connectivity index (χ1v) is 9.94. The zero-order valence-electron chi connectivity index (χ0n) is 14.9. The molecule has 6 nitrogen and oxygen atoms in total. The fourth-order valence-corrected chi connectivity index (χ4v) is 4.98. The number of rotatable bonds is 5. The van der Waals surface area contributed by atoms with Gasteiger partial charge in [-0.2, -0.15) is 4.31 Å². The van der Waals surface area contributed by atoms with Gasteiger partial charge in [0.2, 0.25) is 15.9 Å². The van der Waals surface area contributed by atoms with Crippen molar-refractivity contribution in [2.24, 2.45) is 5.73 Å². The van der Waals surface area contributed by atoms with Crippen LogP contribution >= 0.6 is 0 Å². The van der Waals surface area contributed by atoms with Crippen LogP contribution < -0.4 is 10.6 Å². The van der Waals surface area contributed by atoms with Crippen molar-refractivity contribution in [3.63, 3.8) is 0 Å². The molecule has 2 N–H and O–H groups in total. The largest absolute Gasteiger partial charge is 0.378 e. The van der Waals surface area contributed by atoms with Crippen molar-refractivity contribution >= 4 is 21.6 Å². The molecule has 1 saturated heterocycles. The molecule has 0 spiro atoms. The molecule has 7 heteroatoms. The number of anilines is 1. The Bertz CT molecular complexity index is 908. The third-order valence-corrected chi connectivity index (χ3v) is 6.64. The SMILES string of the molecule is CN(C)c1cccc(C2CCCN2S(=O)(=O)c2ccc(C(N)=O)cc2)c1. The van der Waals surface area contributed by atoms with Crippen molar-refractivity contribution in [3.8, 4) is 0 Å². The van der Waals surface area contributed by atoms with E-state index in [-0.39, 0.29) is 10.9 Å². The second kappa shape index (κ2) is 7.09. The van der Waals surface area contributed by atoms with E-state index in [4.69, 9.17) is 5.73 Å². The van der Waals surface area contributed by atoms with Gasteiger partial charge in [-0.15, -0.1) is 0 Å². The number of primary amides is 1. The van der Waals surface area contributed by atoms with Gasteiger partial charge in [-0.05, 0) is 54.8 Å². The first-order chi connectivity index (χ1) is 12.3. The summed E-state index contributed by atoms with van der Waals surface area (Å²) in [6, 6.07) is 13.6. The van der Waals surface area contributed by atoms with Crippen LogP contribution in [0.3, 0.4) is 0 Å². The Labute approximate surface area is 154 Å². The van der Waals surface area contributed by atoms with Crippen molar-refractivity contribution in [3.05, 3.63) is 59.7 Å². The van der Waals surface area contributed by atoms with Crippen molar-refractivity contribution < 1.29 is 13.2 Å². The van der Waals surface area contributed by atoms with Crippen LogP contribution in [0.1, 0.15) is 34.8 Å². The first kappa shape index (κ1) is 18.4. The lowest BCUT2D eigenvalue weighted by Gasteiger charge is -2.25. The van der Waals surface area contributed by atoms with E-state index in [9.17, 15) is 13.2 Å². The van der Waals surface area contributed by atoms with Crippen molar-refractivity contribution in [1.82, 2.24) is 4.31 Å². The van der Waals surface area contributed by atoms with E-state index in [1.807, 2.05) is 43.3 Å². The molecule has 0 aliphatic carbocycles. The van der Waals surface area contributed by atoms with Crippen LogP contribution in [0.2, 0.25) is 0 Å². The Morgan fingerprint density at radius 3 is 2.46 bits per heavy atom. The highest BCUT2D eigenvalue weighted by Gasteiger charge is 2.36. The topological polar surface area (TPSA) is 83.7 Å². The van der Waals surface area contributed by atoms with Crippen LogP contribution in [-0.2, 0) is 10.0 Å². The molecule has 0 radical (unpaired) electrons. The molecular weight excluding hydrogens is 350 g/mol. The highest BCUT2D eigenvalue weighted by molar-refractivity contribution is 7.89. The normalized spacial score (nSPS) is 18.0. The number of amides is 1. The maximum Gasteiger partial charge on any atom is 0.248 e. The van der Waals surface area contributed by atoms with Gasteiger partial charge < -0.3 is 10.6 Å². The minimum atomic E-state index is -3.64. The number of benzene rings is 2. The molecule has 2 aromatic rings. The zero-order valence-corrected chi connectivity index (χ0v) is 15.7. The molecule has 1 atom stereocenters. The molecule has 1 fully saturated rings. The predicted molar refractivity (Wildman–Crippen MR) is 102 cm³/mol. The van der Waals surface area contributed by atoms with Crippen LogP contribution in [0.15, 0.2) is 53.4 Å². The minimum Gasteiger partial charge on any atom is -0.378 e. The van der Waals surface area contributed by atoms with Gasteiger partial charge in [-0.25, -0.2) is 8.42 Å². The van der Waals surface area contributed by atoms with Crippen molar-refractivity contribution in [2.75, 3.05) is 25.5 Å². The van der Waals surface area contributed by atoms with Crippen LogP contribution in [0, 0.1) is 0 Å². The second-order valence-electron chi connectivity index (χ2n) is 6.65. The summed E-state index contributed by atoms with van der Waals surface area (Å²) < 4.78 is 27.8. The molecule has 1 aliphatic heterocycles. The smallest absolute Gasteiger partial charge is 0.248 e. The van der Waals surface area contributed by atoms with Gasteiger partial charge in [-0.3, -0.25) is 4.79 Å². The fourth-order valence-electron chi connectivity index (χ4n) is 3.30. The predicted octanol–water partition coefficient (Wildman–Crippen LogP) is 2.38. The maximum absolute atomic E-state index is 13.1. The van der Waals surface area contributed by atoms with Crippen LogP contribution in [-0.4, -0.2) is 39.3 Å². The maximum atomic E-state index is 13.1. The van der Waals surface area contributed by atoms with Gasteiger partial charge in [0.15, 0.2) is 0 Å². The molecular formula is C19H23N3O3S. The number of carbonyl (C=O) groups excluding carboxylic acids is 1. The molecule has 2 aromatic carbocycles. The van der Waals surface area contributed by atoms with E-state index in [0.29, 0.717) is 12.1 Å². The minimum absolute atomic E-state index is 0.179. The summed E-state index contributed by atoms with van der Waals surface area (Å²) in [5.74, 6) is -0.575. The standard InChI is InChI=1S/C19H23N3O3S/c1-21(2)16-6-3-5-15(13-16)18-7-4-12-22(18)26(24,25)17-10-8-14(9-11-17)19(20)23/h3,5-6,8-11,13,18H,4,7,12H2,1-2H3,(H2,20,23). The summed E-state index contributed by atoms with van der Waals surface area (Å²) in [4.78, 5) is 13.4. The molecule has 3 rings (SSSR count). The van der Waals surface area contributed by atoms with E-state index in [2.05, 4.69) is 0 Å². The molecule has 1 heterocycles. The summed E-state index contributed by atoms with van der Waals surface area (Å²) in [5, 5.41) is 0. The lowest BCUT2D eigenvalue weighted by molar-refractivity contribution is 0.1000. The van der Waals surface area contributed by atoms with Crippen LogP contribution in [0.25, 0.3) is 0 Å². The Morgan fingerprint density at radius 1 is 1.15 bits per heavy atom. The van der Waals surface area contributed by atoms with Crippen LogP contribution in [0.4, 0.5) is 5.69 Å². The Morgan fingerprint density at radius 2 is 1.85 bits per heavy atom. The lowest BCUT2D eigenvalue weighted by atomic mass is 10.0. The Hall–Kier alpha value is -2.38. The number of sulfonamides is 1. The zero-order chi connectivity index (χ0) is 18.9. The highest BCUT2D eigenvalue weighted by atomic mass is 32.2. The van der Waals surface area contributed by atoms with E-state index >= 15 is 0 Å². The third-order valence-electron chi connectivity index (χ3n) is 4.72. The van der Waals surface area contributed by atoms with Gasteiger partial charge >= 0.3 is 0 Å². The van der Waals surface area contributed by atoms with Gasteiger partial charge in [0.1, 0.15) is 0 Å². The first-order valence-electron chi connectivity index (χ1n) is 8.49. The van der Waals surface area contributed by atoms with Crippen molar-refractivity contribution in [2.45, 2.75) is 23.8 Å². The molecule has 1 amide bonds. The Kier molecular flexibility index (Phi) is 5.02. The second-order valence-corrected chi connectivity index (χ2v) is 8.54. The van der Waals surface area contributed by atoms with E-state index in [1.54, 1.807) is 4.31 Å². The number of carbonyl (C=O) groups is 1. The third kappa shape index (κ3) is 3.45. The lowest BCUT2D eigenvalue weighted by Crippen LogP contribution is -2.30. The van der Waals surface area contributed by atoms with Gasteiger partial charge in [0.05, 0.1) is 10.9 Å². The summed E-state index contributed by atoms with van der Waals surface area (Å²) in [6.07, 6.45) is 1.60. The molecule has 138 valence electrons. The van der Waals surface area contributed by atoms with Crippen LogP contribution in [0.5, 0.6) is 0 Å². The van der Waals surface area contributed by atoms with E-state index < -0.39 is 15.9 Å². The summed E-state index contributed by atoms with van der Waals surface area (Å²) >= 11 is 0. The molecule has 1 aliphatic rings. The van der Waals surface area contributed by atoms with Gasteiger partial charge in [0.25, 0.3) is 0 Å². The number of hydrogen-bond acceptors (Lipinski definition) is 4. The van der Waals surface area contributed by atoms with E-state index in [1.165, 1.54) is 24.3 Å². The Balaban J connectivity index is 1.94. The van der Waals surface area contributed by atoms with Crippen molar-refractivity contribution in [1.29, 1.82) is 0 Å². The fraction of sp³-hybridized carbons (Fsp3) is 0.316. The summed E-state index contributed by atoms with van der Waals surface area (Å²) in [7, 11) is 0.278. The number of nitrogens with two attached hydrogens (primary N) is 1. The average Bonchev–Trinajstić information content (AvgIpc) is 3.12. The number of hydrogen-bond donors (Lipinski definition) is 1. The quantitative estimate of drug-likeness (QED) is 0.872. The molecule has 0 bridgehead atoms. The molecule has 1 unspecified atom stereocenters.